The van der Waals surface area contributed by atoms with Gasteiger partial charge in [0.05, 0.1) is 5.75 Å². The molecular weight excluding hydrogens is 380 g/mol. The number of nitrogens with zero attached hydrogens (tertiary/aromatic N) is 3. The Kier molecular flexibility index (Phi) is 6.90. The van der Waals surface area contributed by atoms with E-state index in [-0.39, 0.29) is 5.91 Å². The van der Waals surface area contributed by atoms with Gasteiger partial charge >= 0.3 is 0 Å². The summed E-state index contributed by atoms with van der Waals surface area (Å²) < 4.78 is 1.93. The molecule has 27 heavy (non-hydrogen) atoms. The van der Waals surface area contributed by atoms with Crippen molar-refractivity contribution in [3.05, 3.63) is 76.6 Å². The first kappa shape index (κ1) is 19.5. The smallest absolute Gasteiger partial charge is 0.230 e. The molecule has 5 nitrogen and oxygen atoms in total. The number of benzene rings is 2. The molecule has 0 fully saturated rings. The molecule has 0 radical (unpaired) electrons. The minimum atomic E-state index is -0.00168. The third-order valence-corrected chi connectivity index (χ3v) is 5.38. The van der Waals surface area contributed by atoms with Gasteiger partial charge in [-0.1, -0.05) is 65.8 Å². The summed E-state index contributed by atoms with van der Waals surface area (Å²) in [5, 5.41) is 12.8. The Labute approximate surface area is 168 Å². The van der Waals surface area contributed by atoms with Crippen LogP contribution >= 0.6 is 23.4 Å². The van der Waals surface area contributed by atoms with E-state index < -0.39 is 0 Å². The van der Waals surface area contributed by atoms with Crippen LogP contribution in [-0.4, -0.2) is 33.0 Å². The zero-order valence-electron chi connectivity index (χ0n) is 15.1. The van der Waals surface area contributed by atoms with Gasteiger partial charge in [0.2, 0.25) is 5.91 Å². The van der Waals surface area contributed by atoms with Crippen molar-refractivity contribution in [3.8, 4) is 0 Å². The Hall–Kier alpha value is -2.31. The molecule has 140 valence electrons. The van der Waals surface area contributed by atoms with Crippen LogP contribution in [0, 0.1) is 0 Å². The number of amides is 1. The summed E-state index contributed by atoms with van der Waals surface area (Å²) in [5.74, 6) is 1.17. The van der Waals surface area contributed by atoms with Crippen LogP contribution in [0.3, 0.4) is 0 Å². The molecule has 0 aliphatic heterocycles. The van der Waals surface area contributed by atoms with Crippen molar-refractivity contribution >= 4 is 29.3 Å². The lowest BCUT2D eigenvalue weighted by molar-refractivity contribution is -0.118. The van der Waals surface area contributed by atoms with Crippen molar-refractivity contribution in [1.29, 1.82) is 0 Å². The zero-order chi connectivity index (χ0) is 19.1. The predicted octanol–water partition coefficient (Wildman–Crippen LogP) is 3.51. The molecule has 1 amide bonds. The van der Waals surface area contributed by atoms with Crippen LogP contribution in [-0.2, 0) is 24.7 Å². The van der Waals surface area contributed by atoms with Crippen molar-refractivity contribution in [2.45, 2.75) is 18.0 Å². The number of thioether (sulfide) groups is 1. The quantitative estimate of drug-likeness (QED) is 0.588. The van der Waals surface area contributed by atoms with Gasteiger partial charge in [0.25, 0.3) is 0 Å². The van der Waals surface area contributed by atoms with Crippen molar-refractivity contribution in [2.24, 2.45) is 7.05 Å². The summed E-state index contributed by atoms with van der Waals surface area (Å²) in [4.78, 5) is 12.0. The molecule has 0 atom stereocenters. The summed E-state index contributed by atoms with van der Waals surface area (Å²) in [5.41, 5.74) is 2.33. The molecule has 1 aromatic heterocycles. The summed E-state index contributed by atoms with van der Waals surface area (Å²) in [6.07, 6.45) is 1.50. The standard InChI is InChI=1S/C20H21ClN4OS/c1-25-18(13-16-7-9-17(21)10-8-16)23-24-20(25)27-14-19(26)22-12-11-15-5-3-2-4-6-15/h2-10H,11-14H2,1H3,(H,22,26). The van der Waals surface area contributed by atoms with Gasteiger partial charge < -0.3 is 9.88 Å². The van der Waals surface area contributed by atoms with Crippen molar-refractivity contribution < 1.29 is 4.79 Å². The highest BCUT2D eigenvalue weighted by Crippen LogP contribution is 2.18. The number of rotatable bonds is 8. The van der Waals surface area contributed by atoms with E-state index in [1.807, 2.05) is 54.1 Å². The average molecular weight is 401 g/mol. The van der Waals surface area contributed by atoms with Gasteiger partial charge in [-0.25, -0.2) is 0 Å². The Morgan fingerprint density at radius 3 is 2.56 bits per heavy atom. The van der Waals surface area contributed by atoms with E-state index in [2.05, 4.69) is 27.6 Å². The van der Waals surface area contributed by atoms with E-state index in [1.165, 1.54) is 17.3 Å². The lowest BCUT2D eigenvalue weighted by Gasteiger charge is -2.06. The number of hydrogen-bond acceptors (Lipinski definition) is 4. The molecule has 0 spiro atoms. The summed E-state index contributed by atoms with van der Waals surface area (Å²) in [7, 11) is 1.92. The average Bonchev–Trinajstić information content (AvgIpc) is 3.02. The van der Waals surface area contributed by atoms with Crippen molar-refractivity contribution in [2.75, 3.05) is 12.3 Å². The first-order valence-corrected chi connectivity index (χ1v) is 10.0. The topological polar surface area (TPSA) is 59.8 Å². The van der Waals surface area contributed by atoms with E-state index in [1.54, 1.807) is 0 Å². The third-order valence-electron chi connectivity index (χ3n) is 4.11. The summed E-state index contributed by atoms with van der Waals surface area (Å²) in [6.45, 7) is 0.629. The molecule has 1 heterocycles. The zero-order valence-corrected chi connectivity index (χ0v) is 16.6. The monoisotopic (exact) mass is 400 g/mol. The second-order valence-corrected chi connectivity index (χ2v) is 7.51. The lowest BCUT2D eigenvalue weighted by atomic mass is 10.1. The van der Waals surface area contributed by atoms with Gasteiger partial charge in [0, 0.05) is 25.0 Å². The fourth-order valence-electron chi connectivity index (χ4n) is 2.58. The van der Waals surface area contributed by atoms with Crippen LogP contribution in [0.5, 0.6) is 0 Å². The van der Waals surface area contributed by atoms with Gasteiger partial charge in [0.1, 0.15) is 5.82 Å². The van der Waals surface area contributed by atoms with E-state index in [0.717, 1.165) is 23.0 Å². The number of carbonyl (C=O) groups excluding carboxylic acids is 1. The minimum absolute atomic E-state index is 0.00168. The lowest BCUT2D eigenvalue weighted by Crippen LogP contribution is -2.27. The van der Waals surface area contributed by atoms with Gasteiger partial charge in [-0.05, 0) is 29.7 Å². The maximum Gasteiger partial charge on any atom is 0.230 e. The second-order valence-electron chi connectivity index (χ2n) is 6.14. The second kappa shape index (κ2) is 9.58. The van der Waals surface area contributed by atoms with Crippen LogP contribution in [0.2, 0.25) is 5.02 Å². The first-order chi connectivity index (χ1) is 13.1. The van der Waals surface area contributed by atoms with Crippen LogP contribution < -0.4 is 5.32 Å². The molecule has 0 aliphatic carbocycles. The van der Waals surface area contributed by atoms with E-state index in [0.29, 0.717) is 23.7 Å². The Bertz CT molecular complexity index is 881. The number of nitrogens with one attached hydrogen (secondary N) is 1. The van der Waals surface area contributed by atoms with E-state index in [4.69, 9.17) is 11.6 Å². The summed E-state index contributed by atoms with van der Waals surface area (Å²) >= 11 is 7.31. The van der Waals surface area contributed by atoms with E-state index in [9.17, 15) is 4.79 Å². The van der Waals surface area contributed by atoms with E-state index >= 15 is 0 Å². The predicted molar refractivity (Wildman–Crippen MR) is 109 cm³/mol. The fourth-order valence-corrected chi connectivity index (χ4v) is 3.47. The van der Waals surface area contributed by atoms with Crippen LogP contribution in [0.15, 0.2) is 59.8 Å². The van der Waals surface area contributed by atoms with Crippen LogP contribution in [0.1, 0.15) is 17.0 Å². The molecule has 0 saturated carbocycles. The number of hydrogen-bond donors (Lipinski definition) is 1. The Morgan fingerprint density at radius 1 is 1.07 bits per heavy atom. The minimum Gasteiger partial charge on any atom is -0.355 e. The molecule has 3 rings (SSSR count). The molecular formula is C20H21ClN4OS. The van der Waals surface area contributed by atoms with Crippen LogP contribution in [0.25, 0.3) is 0 Å². The number of aromatic nitrogens is 3. The molecule has 3 aromatic rings. The highest BCUT2D eigenvalue weighted by molar-refractivity contribution is 7.99. The third kappa shape index (κ3) is 5.84. The molecule has 0 unspecified atom stereocenters. The van der Waals surface area contributed by atoms with Gasteiger partial charge in [0.15, 0.2) is 5.16 Å². The van der Waals surface area contributed by atoms with Crippen molar-refractivity contribution in [1.82, 2.24) is 20.1 Å². The molecule has 0 bridgehead atoms. The molecule has 2 aromatic carbocycles. The van der Waals surface area contributed by atoms with Gasteiger partial charge in [-0.2, -0.15) is 0 Å². The largest absolute Gasteiger partial charge is 0.355 e. The number of carbonyl (C=O) groups is 1. The highest BCUT2D eigenvalue weighted by Gasteiger charge is 2.12. The molecule has 7 heteroatoms. The van der Waals surface area contributed by atoms with Crippen molar-refractivity contribution in [3.63, 3.8) is 0 Å². The maximum atomic E-state index is 12.0. The SMILES string of the molecule is Cn1c(Cc2ccc(Cl)cc2)nnc1SCC(=O)NCCc1ccccc1. The molecule has 1 N–H and O–H groups in total. The first-order valence-electron chi connectivity index (χ1n) is 8.68. The molecule has 0 saturated heterocycles. The van der Waals surface area contributed by atoms with Gasteiger partial charge in [-0.15, -0.1) is 10.2 Å². The maximum absolute atomic E-state index is 12.0. The summed E-state index contributed by atoms with van der Waals surface area (Å²) in [6, 6.07) is 17.8. The highest BCUT2D eigenvalue weighted by atomic mass is 35.5. The van der Waals surface area contributed by atoms with Gasteiger partial charge in [-0.3, -0.25) is 4.79 Å². The van der Waals surface area contributed by atoms with Crippen LogP contribution in [0.4, 0.5) is 0 Å². The normalized spacial score (nSPS) is 10.7. The Morgan fingerprint density at radius 2 is 1.81 bits per heavy atom. The Balaban J connectivity index is 1.46. The number of halogens is 1. The fraction of sp³-hybridized carbons (Fsp3) is 0.250. The molecule has 0 aliphatic rings.